The first kappa shape index (κ1) is 29.5. The van der Waals surface area contributed by atoms with E-state index in [4.69, 9.17) is 9.47 Å². The molecule has 216 valence electrons. The van der Waals surface area contributed by atoms with E-state index in [9.17, 15) is 19.5 Å². The molecule has 2 amide bonds. The average molecular weight is 561 g/mol. The van der Waals surface area contributed by atoms with E-state index in [1.807, 2.05) is 79.7 Å². The number of aliphatic carboxylic acids is 1. The van der Waals surface area contributed by atoms with Gasteiger partial charge in [0.1, 0.15) is 19.0 Å². The zero-order chi connectivity index (χ0) is 29.0. The predicted octanol–water partition coefficient (Wildman–Crippen LogP) is 3.80. The first-order valence-corrected chi connectivity index (χ1v) is 13.7. The Balaban J connectivity index is 1.33. The van der Waals surface area contributed by atoms with E-state index in [0.717, 1.165) is 16.7 Å². The molecule has 41 heavy (non-hydrogen) atoms. The van der Waals surface area contributed by atoms with Gasteiger partial charge < -0.3 is 30.1 Å². The standard InChI is InChI=1S/C31H36N4O6/c1-22-10-12-23(13-11-22)15-25(16-30(37)38)34-29(36)21-40-27-17-26(18-33-28-9-5-6-14-32-28)35(19-27)31(39)41-20-24-7-3-2-4-8-24/h2-14,25-27H,15-21H2,1H3,(H,32,33)(H,34,36)(H,37,38)/t25-,26-,27+/m0/s1. The van der Waals surface area contributed by atoms with Gasteiger partial charge >= 0.3 is 12.1 Å². The highest BCUT2D eigenvalue weighted by Gasteiger charge is 2.37. The summed E-state index contributed by atoms with van der Waals surface area (Å²) in [5.74, 6) is -0.712. The molecule has 0 aliphatic carbocycles. The quantitative estimate of drug-likeness (QED) is 0.288. The van der Waals surface area contributed by atoms with Crippen molar-refractivity contribution in [2.75, 3.05) is 25.0 Å². The van der Waals surface area contributed by atoms with E-state index in [0.29, 0.717) is 25.2 Å². The van der Waals surface area contributed by atoms with E-state index in [2.05, 4.69) is 15.6 Å². The number of amides is 2. The molecule has 1 fully saturated rings. The highest BCUT2D eigenvalue weighted by Crippen LogP contribution is 2.22. The van der Waals surface area contributed by atoms with Gasteiger partial charge in [-0.25, -0.2) is 9.78 Å². The number of hydrogen-bond acceptors (Lipinski definition) is 7. The van der Waals surface area contributed by atoms with Crippen molar-refractivity contribution < 1.29 is 29.0 Å². The van der Waals surface area contributed by atoms with Crippen molar-refractivity contribution in [2.24, 2.45) is 0 Å². The molecule has 1 aliphatic heterocycles. The van der Waals surface area contributed by atoms with Crippen LogP contribution in [-0.4, -0.2) is 70.8 Å². The predicted molar refractivity (Wildman–Crippen MR) is 153 cm³/mol. The van der Waals surface area contributed by atoms with Crippen molar-refractivity contribution in [2.45, 2.75) is 51.0 Å². The van der Waals surface area contributed by atoms with Gasteiger partial charge in [-0.1, -0.05) is 66.2 Å². The van der Waals surface area contributed by atoms with Crippen LogP contribution in [0.4, 0.5) is 10.6 Å². The van der Waals surface area contributed by atoms with Gasteiger partial charge in [0, 0.05) is 18.8 Å². The Kier molecular flexibility index (Phi) is 10.7. The van der Waals surface area contributed by atoms with Gasteiger partial charge in [-0.3, -0.25) is 9.59 Å². The van der Waals surface area contributed by atoms with Gasteiger partial charge in [0.2, 0.25) is 5.91 Å². The molecule has 3 atom stereocenters. The Morgan fingerprint density at radius 2 is 1.78 bits per heavy atom. The average Bonchev–Trinajstić information content (AvgIpc) is 3.39. The summed E-state index contributed by atoms with van der Waals surface area (Å²) >= 11 is 0. The van der Waals surface area contributed by atoms with Crippen molar-refractivity contribution >= 4 is 23.8 Å². The number of pyridine rings is 1. The number of aromatic nitrogens is 1. The number of anilines is 1. The van der Waals surface area contributed by atoms with Gasteiger partial charge in [0.05, 0.1) is 25.1 Å². The van der Waals surface area contributed by atoms with Crippen LogP contribution < -0.4 is 10.6 Å². The summed E-state index contributed by atoms with van der Waals surface area (Å²) < 4.78 is 11.5. The Labute approximate surface area is 239 Å². The zero-order valence-corrected chi connectivity index (χ0v) is 23.1. The van der Waals surface area contributed by atoms with E-state index < -0.39 is 30.1 Å². The number of nitrogens with one attached hydrogen (secondary N) is 2. The Morgan fingerprint density at radius 3 is 2.49 bits per heavy atom. The lowest BCUT2D eigenvalue weighted by Crippen LogP contribution is -2.41. The first-order chi connectivity index (χ1) is 19.9. The van der Waals surface area contributed by atoms with Gasteiger partial charge in [0.25, 0.3) is 0 Å². The molecule has 2 heterocycles. The van der Waals surface area contributed by atoms with Gasteiger partial charge in [-0.05, 0) is 43.0 Å². The van der Waals surface area contributed by atoms with Crippen LogP contribution in [0.15, 0.2) is 79.0 Å². The lowest BCUT2D eigenvalue weighted by Gasteiger charge is -2.24. The van der Waals surface area contributed by atoms with Gasteiger partial charge in [0.15, 0.2) is 0 Å². The summed E-state index contributed by atoms with van der Waals surface area (Å²) in [5.41, 5.74) is 2.92. The van der Waals surface area contributed by atoms with Crippen molar-refractivity contribution in [3.8, 4) is 0 Å². The maximum Gasteiger partial charge on any atom is 0.410 e. The highest BCUT2D eigenvalue weighted by atomic mass is 16.6. The summed E-state index contributed by atoms with van der Waals surface area (Å²) in [4.78, 5) is 43.1. The van der Waals surface area contributed by atoms with Crippen LogP contribution in [0.3, 0.4) is 0 Å². The number of nitrogens with zero attached hydrogens (tertiary/aromatic N) is 2. The largest absolute Gasteiger partial charge is 0.481 e. The third-order valence-corrected chi connectivity index (χ3v) is 6.84. The number of benzene rings is 2. The maximum absolute atomic E-state index is 13.0. The molecule has 1 aliphatic rings. The summed E-state index contributed by atoms with van der Waals surface area (Å²) in [7, 11) is 0. The molecule has 4 rings (SSSR count). The lowest BCUT2D eigenvalue weighted by molar-refractivity contribution is -0.138. The number of ether oxygens (including phenoxy) is 2. The maximum atomic E-state index is 13.0. The normalized spacial score (nSPS) is 17.0. The van der Waals surface area contributed by atoms with Crippen LogP contribution in [0.1, 0.15) is 29.5 Å². The Bertz CT molecular complexity index is 1270. The van der Waals surface area contributed by atoms with Crippen molar-refractivity contribution in [1.82, 2.24) is 15.2 Å². The summed E-state index contributed by atoms with van der Waals surface area (Å²) in [6.07, 6.45) is 1.52. The molecule has 3 aromatic rings. The minimum Gasteiger partial charge on any atom is -0.481 e. The minimum absolute atomic E-state index is 0.149. The second kappa shape index (κ2) is 14.8. The van der Waals surface area contributed by atoms with E-state index >= 15 is 0 Å². The van der Waals surface area contributed by atoms with Gasteiger partial charge in [-0.15, -0.1) is 0 Å². The second-order valence-corrected chi connectivity index (χ2v) is 10.2. The fourth-order valence-electron chi connectivity index (χ4n) is 4.76. The molecule has 1 aromatic heterocycles. The third kappa shape index (κ3) is 9.61. The van der Waals surface area contributed by atoms with Crippen LogP contribution in [0.2, 0.25) is 0 Å². The van der Waals surface area contributed by atoms with Crippen LogP contribution in [0, 0.1) is 6.92 Å². The number of carboxylic acids is 1. The van der Waals surface area contributed by atoms with Crippen LogP contribution in [0.25, 0.3) is 0 Å². The number of carboxylic acid groups (broad SMARTS) is 1. The molecule has 0 saturated carbocycles. The van der Waals surface area contributed by atoms with Crippen LogP contribution in [0.5, 0.6) is 0 Å². The Hall–Kier alpha value is -4.44. The topological polar surface area (TPSA) is 130 Å². The monoisotopic (exact) mass is 560 g/mol. The molecule has 3 N–H and O–H groups in total. The molecule has 1 saturated heterocycles. The highest BCUT2D eigenvalue weighted by molar-refractivity contribution is 5.78. The SMILES string of the molecule is Cc1ccc(C[C@@H](CC(=O)O)NC(=O)CO[C@@H]2C[C@@H](CNc3ccccn3)N(C(=O)OCc3ccccc3)C2)cc1. The number of aryl methyl sites for hydroxylation is 1. The zero-order valence-electron chi connectivity index (χ0n) is 23.1. The number of carbonyl (C=O) groups is 3. The van der Waals surface area contributed by atoms with Crippen LogP contribution in [-0.2, 0) is 32.1 Å². The molecule has 0 unspecified atom stereocenters. The molecular weight excluding hydrogens is 524 g/mol. The number of carbonyl (C=O) groups excluding carboxylic acids is 2. The minimum atomic E-state index is -0.993. The lowest BCUT2D eigenvalue weighted by atomic mass is 10.0. The fraction of sp³-hybridized carbons (Fsp3) is 0.355. The van der Waals surface area contributed by atoms with Gasteiger partial charge in [-0.2, -0.15) is 0 Å². The molecule has 0 radical (unpaired) electrons. The van der Waals surface area contributed by atoms with Crippen molar-refractivity contribution in [1.29, 1.82) is 0 Å². The molecule has 2 aromatic carbocycles. The van der Waals surface area contributed by atoms with Crippen molar-refractivity contribution in [3.63, 3.8) is 0 Å². The molecule has 10 heteroatoms. The van der Waals surface area contributed by atoms with E-state index in [1.54, 1.807) is 11.1 Å². The number of likely N-dealkylation sites (tertiary alicyclic amines) is 1. The molecule has 0 bridgehead atoms. The number of rotatable bonds is 13. The van der Waals surface area contributed by atoms with Crippen LogP contribution >= 0.6 is 0 Å². The summed E-state index contributed by atoms with van der Waals surface area (Å²) in [6.45, 7) is 2.57. The smallest absolute Gasteiger partial charge is 0.410 e. The second-order valence-electron chi connectivity index (χ2n) is 10.2. The van der Waals surface area contributed by atoms with E-state index in [-0.39, 0.29) is 32.2 Å². The first-order valence-electron chi connectivity index (χ1n) is 13.7. The molecular formula is C31H36N4O6. The molecule has 0 spiro atoms. The number of hydrogen-bond donors (Lipinski definition) is 3. The van der Waals surface area contributed by atoms with E-state index in [1.165, 1.54) is 0 Å². The summed E-state index contributed by atoms with van der Waals surface area (Å²) in [5, 5.41) is 15.4. The Morgan fingerprint density at radius 1 is 1.02 bits per heavy atom. The third-order valence-electron chi connectivity index (χ3n) is 6.84. The fourth-order valence-corrected chi connectivity index (χ4v) is 4.76. The molecule has 10 nitrogen and oxygen atoms in total. The van der Waals surface area contributed by atoms with Crippen molar-refractivity contribution in [3.05, 3.63) is 95.7 Å². The summed E-state index contributed by atoms with van der Waals surface area (Å²) in [6, 6.07) is 21.9.